The summed E-state index contributed by atoms with van der Waals surface area (Å²) in [5.41, 5.74) is 6.08. The maximum atomic E-state index is 13.9. The van der Waals surface area contributed by atoms with Crippen LogP contribution >= 0.6 is 22.6 Å². The number of sulfone groups is 1. The van der Waals surface area contributed by atoms with Crippen molar-refractivity contribution in [2.45, 2.75) is 4.90 Å². The molecule has 7 heteroatoms. The van der Waals surface area contributed by atoms with Gasteiger partial charge >= 0.3 is 0 Å². The molecule has 1 aromatic carbocycles. The number of nitrogen functional groups attached to an aromatic ring is 1. The van der Waals surface area contributed by atoms with Crippen molar-refractivity contribution >= 4 is 38.1 Å². The lowest BCUT2D eigenvalue weighted by atomic mass is 10.1. The number of rotatable bonds is 2. The van der Waals surface area contributed by atoms with Crippen LogP contribution in [0.4, 0.5) is 10.1 Å². The quantitative estimate of drug-likeness (QED) is 0.798. The second kappa shape index (κ2) is 5.04. The van der Waals surface area contributed by atoms with Gasteiger partial charge in [0.2, 0.25) is 0 Å². The molecule has 0 saturated carbocycles. The van der Waals surface area contributed by atoms with Gasteiger partial charge in [-0.15, -0.1) is 0 Å². The van der Waals surface area contributed by atoms with Crippen LogP contribution in [0.15, 0.2) is 35.4 Å². The zero-order chi connectivity index (χ0) is 14.2. The summed E-state index contributed by atoms with van der Waals surface area (Å²) < 4.78 is 37.8. The van der Waals surface area contributed by atoms with Gasteiger partial charge < -0.3 is 5.73 Å². The Morgan fingerprint density at radius 3 is 2.58 bits per heavy atom. The first-order valence-corrected chi connectivity index (χ1v) is 8.17. The summed E-state index contributed by atoms with van der Waals surface area (Å²) in [6.07, 6.45) is 2.35. The third-order valence-electron chi connectivity index (χ3n) is 2.54. The minimum absolute atomic E-state index is 0.0369. The van der Waals surface area contributed by atoms with Crippen molar-refractivity contribution in [2.75, 3.05) is 12.0 Å². The van der Waals surface area contributed by atoms with Crippen molar-refractivity contribution in [1.82, 2.24) is 4.98 Å². The molecule has 0 bridgehead atoms. The Morgan fingerprint density at radius 1 is 1.32 bits per heavy atom. The molecule has 2 rings (SSSR count). The Kier molecular flexibility index (Phi) is 3.77. The summed E-state index contributed by atoms with van der Waals surface area (Å²) in [7, 11) is -3.47. The van der Waals surface area contributed by atoms with Crippen molar-refractivity contribution in [3.63, 3.8) is 0 Å². The third-order valence-corrected chi connectivity index (χ3v) is 4.36. The predicted molar refractivity (Wildman–Crippen MR) is 79.9 cm³/mol. The lowest BCUT2D eigenvalue weighted by molar-refractivity contribution is 0.602. The normalized spacial score (nSPS) is 11.5. The molecule has 0 fully saturated rings. The fraction of sp³-hybridized carbons (Fsp3) is 0.0833. The number of anilines is 1. The van der Waals surface area contributed by atoms with E-state index in [-0.39, 0.29) is 21.8 Å². The highest BCUT2D eigenvalue weighted by molar-refractivity contribution is 14.1. The Morgan fingerprint density at radius 2 is 2.00 bits per heavy atom. The van der Waals surface area contributed by atoms with Crippen molar-refractivity contribution < 1.29 is 12.8 Å². The molecule has 2 aromatic rings. The van der Waals surface area contributed by atoms with Gasteiger partial charge in [-0.05, 0) is 46.9 Å². The van der Waals surface area contributed by atoms with Gasteiger partial charge in [0.15, 0.2) is 9.84 Å². The highest BCUT2D eigenvalue weighted by atomic mass is 127. The molecule has 0 radical (unpaired) electrons. The number of hydrogen-bond donors (Lipinski definition) is 1. The summed E-state index contributed by atoms with van der Waals surface area (Å²) in [4.78, 5) is 3.94. The van der Waals surface area contributed by atoms with E-state index in [1.54, 1.807) is 6.07 Å². The molecule has 100 valence electrons. The van der Waals surface area contributed by atoms with Crippen LogP contribution in [-0.4, -0.2) is 19.7 Å². The average molecular weight is 392 g/mol. The van der Waals surface area contributed by atoms with Crippen LogP contribution in [0.3, 0.4) is 0 Å². The van der Waals surface area contributed by atoms with E-state index in [9.17, 15) is 12.8 Å². The van der Waals surface area contributed by atoms with Gasteiger partial charge in [0.25, 0.3) is 0 Å². The Hall–Kier alpha value is -1.22. The van der Waals surface area contributed by atoms with Crippen LogP contribution in [-0.2, 0) is 9.84 Å². The molecule has 2 N–H and O–H groups in total. The van der Waals surface area contributed by atoms with Crippen LogP contribution in [0.2, 0.25) is 0 Å². The van der Waals surface area contributed by atoms with E-state index >= 15 is 0 Å². The van der Waals surface area contributed by atoms with Crippen LogP contribution in [0.25, 0.3) is 11.3 Å². The van der Waals surface area contributed by atoms with Crippen LogP contribution in [0, 0.1) is 9.39 Å². The highest BCUT2D eigenvalue weighted by Gasteiger charge is 2.18. The molecule has 0 aliphatic rings. The van der Waals surface area contributed by atoms with Crippen LogP contribution in [0.5, 0.6) is 0 Å². The van der Waals surface area contributed by atoms with E-state index in [0.717, 1.165) is 9.83 Å². The maximum absolute atomic E-state index is 13.9. The second-order valence-electron chi connectivity index (χ2n) is 3.97. The van der Waals surface area contributed by atoms with E-state index < -0.39 is 15.7 Å². The Labute approximate surface area is 123 Å². The summed E-state index contributed by atoms with van der Waals surface area (Å²) >= 11 is 1.98. The molecule has 1 aromatic heterocycles. The van der Waals surface area contributed by atoms with Gasteiger partial charge in [0.05, 0.1) is 16.3 Å². The van der Waals surface area contributed by atoms with E-state index in [4.69, 9.17) is 5.73 Å². The van der Waals surface area contributed by atoms with E-state index in [0.29, 0.717) is 0 Å². The van der Waals surface area contributed by atoms with Crippen LogP contribution in [0.1, 0.15) is 0 Å². The summed E-state index contributed by atoms with van der Waals surface area (Å²) in [5, 5.41) is 0. The number of aromatic nitrogens is 1. The second-order valence-corrected chi connectivity index (χ2v) is 7.20. The molecule has 0 unspecified atom stereocenters. The SMILES string of the molecule is CS(=O)(=O)c1ccnc(-c2ccc(I)cc2F)c1N. The molecule has 1 heterocycles. The molecule has 0 spiro atoms. The Balaban J connectivity index is 2.71. The smallest absolute Gasteiger partial charge is 0.177 e. The molecular weight excluding hydrogens is 382 g/mol. The van der Waals surface area contributed by atoms with Gasteiger partial charge in [-0.1, -0.05) is 0 Å². The number of nitrogens with two attached hydrogens (primary N) is 1. The number of nitrogens with zero attached hydrogens (tertiary/aromatic N) is 1. The fourth-order valence-electron chi connectivity index (χ4n) is 1.68. The summed E-state index contributed by atoms with van der Waals surface area (Å²) in [6, 6.07) is 5.87. The standard InChI is InChI=1S/C12H10FIN2O2S/c1-19(17,18)10-4-5-16-12(11(10)15)8-3-2-7(14)6-9(8)13/h2-6H,15H2,1H3. The molecule has 0 atom stereocenters. The largest absolute Gasteiger partial charge is 0.396 e. The van der Waals surface area contributed by atoms with E-state index in [1.165, 1.54) is 24.4 Å². The zero-order valence-corrected chi connectivity index (χ0v) is 12.9. The topological polar surface area (TPSA) is 73.0 Å². The van der Waals surface area contributed by atoms with Crippen molar-refractivity contribution in [1.29, 1.82) is 0 Å². The van der Waals surface area contributed by atoms with Crippen LogP contribution < -0.4 is 5.73 Å². The van der Waals surface area contributed by atoms with Crippen molar-refractivity contribution in [3.8, 4) is 11.3 Å². The monoisotopic (exact) mass is 392 g/mol. The minimum atomic E-state index is -3.47. The first-order valence-electron chi connectivity index (χ1n) is 5.20. The van der Waals surface area contributed by atoms with E-state index in [1.807, 2.05) is 22.6 Å². The van der Waals surface area contributed by atoms with Gasteiger partial charge in [-0.25, -0.2) is 12.8 Å². The fourth-order valence-corrected chi connectivity index (χ4v) is 2.93. The van der Waals surface area contributed by atoms with Gasteiger partial charge in [0.1, 0.15) is 5.82 Å². The zero-order valence-electron chi connectivity index (χ0n) is 9.89. The molecule has 19 heavy (non-hydrogen) atoms. The number of hydrogen-bond acceptors (Lipinski definition) is 4. The first kappa shape index (κ1) is 14.2. The molecule has 4 nitrogen and oxygen atoms in total. The van der Waals surface area contributed by atoms with E-state index in [2.05, 4.69) is 4.98 Å². The lowest BCUT2D eigenvalue weighted by Gasteiger charge is -2.09. The Bertz CT molecular complexity index is 747. The molecule has 0 aliphatic carbocycles. The lowest BCUT2D eigenvalue weighted by Crippen LogP contribution is -2.05. The molecule has 0 saturated heterocycles. The molecule has 0 aliphatic heterocycles. The summed E-state index contributed by atoms with van der Waals surface area (Å²) in [6.45, 7) is 0. The van der Waals surface area contributed by atoms with Gasteiger partial charge in [-0.2, -0.15) is 0 Å². The predicted octanol–water partition coefficient (Wildman–Crippen LogP) is 2.48. The number of pyridine rings is 1. The maximum Gasteiger partial charge on any atom is 0.177 e. The number of benzene rings is 1. The molecule has 0 amide bonds. The van der Waals surface area contributed by atoms with Crippen molar-refractivity contribution in [3.05, 3.63) is 39.8 Å². The van der Waals surface area contributed by atoms with Crippen molar-refractivity contribution in [2.24, 2.45) is 0 Å². The van der Waals surface area contributed by atoms with Gasteiger partial charge in [0, 0.05) is 21.6 Å². The molecular formula is C12H10FIN2O2S. The minimum Gasteiger partial charge on any atom is -0.396 e. The highest BCUT2D eigenvalue weighted by Crippen LogP contribution is 2.31. The first-order chi connectivity index (χ1) is 8.80. The van der Waals surface area contributed by atoms with Gasteiger partial charge in [-0.3, -0.25) is 4.98 Å². The third kappa shape index (κ3) is 2.86. The number of halogens is 2. The average Bonchev–Trinajstić information content (AvgIpc) is 2.28. The summed E-state index contributed by atoms with van der Waals surface area (Å²) in [5.74, 6) is -0.489.